The number of rotatable bonds is 7. The van der Waals surface area contributed by atoms with E-state index in [0.717, 1.165) is 35.5 Å². The molecule has 0 atom stereocenters. The van der Waals surface area contributed by atoms with Crippen LogP contribution in [0.2, 0.25) is 0 Å². The van der Waals surface area contributed by atoms with Crippen LogP contribution in [0.3, 0.4) is 0 Å². The van der Waals surface area contributed by atoms with Crippen LogP contribution in [0.25, 0.3) is 5.57 Å². The normalized spacial score (nSPS) is 17.4. The Morgan fingerprint density at radius 2 is 1.66 bits per heavy atom. The predicted octanol–water partition coefficient (Wildman–Crippen LogP) is 3.24. The Bertz CT molecular complexity index is 1030. The smallest absolute Gasteiger partial charge is 0.278 e. The molecule has 0 N–H and O–H groups in total. The van der Waals surface area contributed by atoms with E-state index in [-0.39, 0.29) is 11.8 Å². The van der Waals surface area contributed by atoms with Gasteiger partial charge in [0.2, 0.25) is 0 Å². The molecule has 2 amide bonds. The average molecular weight is 434 g/mol. The summed E-state index contributed by atoms with van der Waals surface area (Å²) in [6.07, 6.45) is 0. The lowest BCUT2D eigenvalue weighted by molar-refractivity contribution is -0.137. The standard InChI is InChI=1S/C26H31N3O3/c1-4-28(21-8-6-5-7-9-21)24-23(22-11-10-19(2)18-20(22)3)25(30)29(26(24)31)13-12-27-14-16-32-17-15-27/h5-11,18H,4,12-17H2,1-3H3. The maximum Gasteiger partial charge on any atom is 0.278 e. The van der Waals surface area contributed by atoms with Gasteiger partial charge in [0.15, 0.2) is 0 Å². The van der Waals surface area contributed by atoms with Crippen molar-refractivity contribution in [3.63, 3.8) is 0 Å². The summed E-state index contributed by atoms with van der Waals surface area (Å²) in [4.78, 5) is 33.0. The van der Waals surface area contributed by atoms with Gasteiger partial charge in [-0.2, -0.15) is 0 Å². The topological polar surface area (TPSA) is 53.1 Å². The van der Waals surface area contributed by atoms with Crippen LogP contribution >= 0.6 is 0 Å². The molecule has 0 spiro atoms. The van der Waals surface area contributed by atoms with Gasteiger partial charge in [0.1, 0.15) is 5.70 Å². The zero-order valence-electron chi connectivity index (χ0n) is 19.1. The summed E-state index contributed by atoms with van der Waals surface area (Å²) in [5.74, 6) is -0.427. The van der Waals surface area contributed by atoms with E-state index in [0.29, 0.717) is 44.1 Å². The van der Waals surface area contributed by atoms with Crippen LogP contribution in [0, 0.1) is 13.8 Å². The first-order chi connectivity index (χ1) is 15.5. The molecule has 2 aromatic carbocycles. The van der Waals surface area contributed by atoms with E-state index >= 15 is 0 Å². The van der Waals surface area contributed by atoms with Gasteiger partial charge in [0, 0.05) is 38.4 Å². The molecule has 1 fully saturated rings. The molecule has 0 unspecified atom stereocenters. The minimum absolute atomic E-state index is 0.209. The third kappa shape index (κ3) is 4.33. The highest BCUT2D eigenvalue weighted by Crippen LogP contribution is 2.35. The van der Waals surface area contributed by atoms with Gasteiger partial charge in [-0.15, -0.1) is 0 Å². The fourth-order valence-electron chi connectivity index (χ4n) is 4.50. The van der Waals surface area contributed by atoms with E-state index in [4.69, 9.17) is 4.74 Å². The molecule has 0 bridgehead atoms. The van der Waals surface area contributed by atoms with Crippen molar-refractivity contribution in [1.29, 1.82) is 0 Å². The molecule has 168 valence electrons. The van der Waals surface area contributed by atoms with Gasteiger partial charge in [-0.05, 0) is 44.0 Å². The van der Waals surface area contributed by atoms with Gasteiger partial charge in [0.05, 0.1) is 18.8 Å². The van der Waals surface area contributed by atoms with Crippen molar-refractivity contribution in [2.75, 3.05) is 50.8 Å². The Morgan fingerprint density at radius 1 is 0.938 bits per heavy atom. The monoisotopic (exact) mass is 433 g/mol. The van der Waals surface area contributed by atoms with Crippen LogP contribution in [0.15, 0.2) is 54.2 Å². The van der Waals surface area contributed by atoms with Crippen molar-refractivity contribution in [2.24, 2.45) is 0 Å². The van der Waals surface area contributed by atoms with Crippen molar-refractivity contribution in [2.45, 2.75) is 20.8 Å². The predicted molar refractivity (Wildman–Crippen MR) is 126 cm³/mol. The largest absolute Gasteiger partial charge is 0.379 e. The Morgan fingerprint density at radius 3 is 2.31 bits per heavy atom. The molecule has 0 aliphatic carbocycles. The average Bonchev–Trinajstić information content (AvgIpc) is 3.04. The number of para-hydroxylation sites is 1. The van der Waals surface area contributed by atoms with Gasteiger partial charge in [-0.1, -0.05) is 42.0 Å². The van der Waals surface area contributed by atoms with Crippen LogP contribution in [0.4, 0.5) is 5.69 Å². The molecule has 0 radical (unpaired) electrons. The van der Waals surface area contributed by atoms with Gasteiger partial charge < -0.3 is 9.64 Å². The second-order valence-corrected chi connectivity index (χ2v) is 8.34. The Kier molecular flexibility index (Phi) is 6.72. The zero-order chi connectivity index (χ0) is 22.7. The number of benzene rings is 2. The van der Waals surface area contributed by atoms with Crippen LogP contribution in [-0.4, -0.2) is 67.6 Å². The van der Waals surface area contributed by atoms with Gasteiger partial charge >= 0.3 is 0 Å². The third-order valence-corrected chi connectivity index (χ3v) is 6.19. The van der Waals surface area contributed by atoms with Crippen molar-refractivity contribution in [1.82, 2.24) is 9.80 Å². The van der Waals surface area contributed by atoms with E-state index in [2.05, 4.69) is 11.0 Å². The molecule has 6 heteroatoms. The molecule has 2 aromatic rings. The van der Waals surface area contributed by atoms with Crippen LogP contribution in [0.5, 0.6) is 0 Å². The highest BCUT2D eigenvalue weighted by molar-refractivity contribution is 6.37. The number of carbonyl (C=O) groups excluding carboxylic acids is 2. The number of anilines is 1. The first-order valence-electron chi connectivity index (χ1n) is 11.3. The number of imide groups is 1. The molecule has 1 saturated heterocycles. The molecule has 2 aliphatic heterocycles. The maximum atomic E-state index is 13.7. The van der Waals surface area contributed by atoms with Gasteiger partial charge in [-0.25, -0.2) is 0 Å². The van der Waals surface area contributed by atoms with Gasteiger partial charge in [-0.3, -0.25) is 19.4 Å². The fraction of sp³-hybridized carbons (Fsp3) is 0.385. The second kappa shape index (κ2) is 9.67. The van der Waals surface area contributed by atoms with E-state index in [9.17, 15) is 9.59 Å². The number of likely N-dealkylation sites (N-methyl/N-ethyl adjacent to an activating group) is 1. The number of nitrogens with zero attached hydrogens (tertiary/aromatic N) is 3. The van der Waals surface area contributed by atoms with Crippen LogP contribution < -0.4 is 4.90 Å². The molecule has 2 aliphatic rings. The Balaban J connectivity index is 1.73. The quantitative estimate of drug-likeness (QED) is 0.628. The Labute approximate surface area is 190 Å². The van der Waals surface area contributed by atoms with E-state index in [1.807, 2.05) is 68.1 Å². The summed E-state index contributed by atoms with van der Waals surface area (Å²) >= 11 is 0. The minimum Gasteiger partial charge on any atom is -0.379 e. The number of carbonyl (C=O) groups is 2. The number of morpholine rings is 1. The summed E-state index contributed by atoms with van der Waals surface area (Å²) < 4.78 is 5.42. The highest BCUT2D eigenvalue weighted by Gasteiger charge is 2.42. The molecular formula is C26H31N3O3. The third-order valence-electron chi connectivity index (χ3n) is 6.19. The summed E-state index contributed by atoms with van der Waals surface area (Å²) in [5, 5.41) is 0. The minimum atomic E-state index is -0.219. The molecular weight excluding hydrogens is 402 g/mol. The van der Waals surface area contributed by atoms with Gasteiger partial charge in [0.25, 0.3) is 11.8 Å². The number of ether oxygens (including phenoxy) is 1. The van der Waals surface area contributed by atoms with Crippen molar-refractivity contribution in [3.8, 4) is 0 Å². The number of aryl methyl sites for hydroxylation is 2. The summed E-state index contributed by atoms with van der Waals surface area (Å²) in [6, 6.07) is 15.8. The number of hydrogen-bond donors (Lipinski definition) is 0. The maximum absolute atomic E-state index is 13.7. The molecule has 6 nitrogen and oxygen atoms in total. The fourth-order valence-corrected chi connectivity index (χ4v) is 4.50. The molecule has 4 rings (SSSR count). The molecule has 2 heterocycles. The van der Waals surface area contributed by atoms with E-state index < -0.39 is 0 Å². The highest BCUT2D eigenvalue weighted by atomic mass is 16.5. The SMILES string of the molecule is CCN(C1=C(c2ccc(C)cc2C)C(=O)N(CCN2CCOCC2)C1=O)c1ccccc1. The number of amides is 2. The molecule has 0 aromatic heterocycles. The number of hydrogen-bond acceptors (Lipinski definition) is 5. The van der Waals surface area contributed by atoms with Crippen molar-refractivity contribution in [3.05, 3.63) is 70.9 Å². The van der Waals surface area contributed by atoms with Crippen molar-refractivity contribution >= 4 is 23.1 Å². The zero-order valence-corrected chi connectivity index (χ0v) is 19.1. The lowest BCUT2D eigenvalue weighted by Gasteiger charge is -2.28. The molecule has 32 heavy (non-hydrogen) atoms. The van der Waals surface area contributed by atoms with Crippen LogP contribution in [0.1, 0.15) is 23.6 Å². The van der Waals surface area contributed by atoms with E-state index in [1.54, 1.807) is 0 Å². The first-order valence-corrected chi connectivity index (χ1v) is 11.3. The molecule has 0 saturated carbocycles. The van der Waals surface area contributed by atoms with Crippen LogP contribution in [-0.2, 0) is 14.3 Å². The Hall–Kier alpha value is -2.96. The lowest BCUT2D eigenvalue weighted by Crippen LogP contribution is -2.44. The summed E-state index contributed by atoms with van der Waals surface area (Å²) in [6.45, 7) is 10.7. The summed E-state index contributed by atoms with van der Waals surface area (Å²) in [5.41, 5.74) is 4.83. The van der Waals surface area contributed by atoms with Crippen molar-refractivity contribution < 1.29 is 14.3 Å². The first kappa shape index (κ1) is 22.2. The summed E-state index contributed by atoms with van der Waals surface area (Å²) in [7, 11) is 0. The lowest BCUT2D eigenvalue weighted by atomic mass is 9.97. The van der Waals surface area contributed by atoms with E-state index in [1.165, 1.54) is 4.90 Å². The second-order valence-electron chi connectivity index (χ2n) is 8.34.